The van der Waals surface area contributed by atoms with E-state index in [-0.39, 0.29) is 11.3 Å². The van der Waals surface area contributed by atoms with Gasteiger partial charge in [-0.3, -0.25) is 9.80 Å². The zero-order chi connectivity index (χ0) is 14.0. The summed E-state index contributed by atoms with van der Waals surface area (Å²) >= 11 is 0. The van der Waals surface area contributed by atoms with Crippen LogP contribution in [0.1, 0.15) is 26.3 Å². The predicted molar refractivity (Wildman–Crippen MR) is 74.7 cm³/mol. The van der Waals surface area contributed by atoms with Crippen molar-refractivity contribution in [1.29, 1.82) is 0 Å². The number of phenols is 1. The van der Waals surface area contributed by atoms with Crippen LogP contribution < -0.4 is 0 Å². The van der Waals surface area contributed by atoms with Crippen LogP contribution >= 0.6 is 0 Å². The van der Waals surface area contributed by atoms with Crippen molar-refractivity contribution in [3.63, 3.8) is 0 Å². The fourth-order valence-electron chi connectivity index (χ4n) is 2.48. The van der Waals surface area contributed by atoms with Gasteiger partial charge in [0.1, 0.15) is 0 Å². The first-order chi connectivity index (χ1) is 8.86. The maximum Gasteiger partial charge on any atom is 0.165 e. The summed E-state index contributed by atoms with van der Waals surface area (Å²) < 4.78 is 13.3. The molecule has 106 valence electrons. The standard InChI is InChI=1S/C15H23FN2O/c1-15(2,3)18-8-6-17(7-9-18)11-12-4-5-14(19)13(16)10-12/h4-5,10,19H,6-9,11H2,1-3H3. The molecule has 0 aliphatic carbocycles. The first-order valence-corrected chi connectivity index (χ1v) is 6.81. The van der Waals surface area contributed by atoms with Gasteiger partial charge in [-0.25, -0.2) is 4.39 Å². The summed E-state index contributed by atoms with van der Waals surface area (Å²) in [4.78, 5) is 4.80. The van der Waals surface area contributed by atoms with Crippen molar-refractivity contribution >= 4 is 0 Å². The molecule has 1 aliphatic heterocycles. The van der Waals surface area contributed by atoms with Crippen molar-refractivity contribution in [2.75, 3.05) is 26.2 Å². The fourth-order valence-corrected chi connectivity index (χ4v) is 2.48. The van der Waals surface area contributed by atoms with Gasteiger partial charge < -0.3 is 5.11 Å². The summed E-state index contributed by atoms with van der Waals surface area (Å²) in [5, 5.41) is 9.18. The highest BCUT2D eigenvalue weighted by Gasteiger charge is 2.25. The Bertz CT molecular complexity index is 434. The van der Waals surface area contributed by atoms with E-state index in [1.54, 1.807) is 6.07 Å². The van der Waals surface area contributed by atoms with E-state index in [0.717, 1.165) is 38.3 Å². The van der Waals surface area contributed by atoms with E-state index in [9.17, 15) is 9.50 Å². The fraction of sp³-hybridized carbons (Fsp3) is 0.600. The van der Waals surface area contributed by atoms with E-state index < -0.39 is 5.82 Å². The molecule has 1 heterocycles. The van der Waals surface area contributed by atoms with Crippen LogP contribution in [0.4, 0.5) is 4.39 Å². The van der Waals surface area contributed by atoms with Crippen molar-refractivity contribution in [3.05, 3.63) is 29.6 Å². The molecule has 0 spiro atoms. The summed E-state index contributed by atoms with van der Waals surface area (Å²) in [5.74, 6) is -0.813. The SMILES string of the molecule is CC(C)(C)N1CCN(Cc2ccc(O)c(F)c2)CC1. The summed E-state index contributed by atoms with van der Waals surface area (Å²) in [6, 6.07) is 4.64. The summed E-state index contributed by atoms with van der Waals surface area (Å²) in [5.41, 5.74) is 1.14. The van der Waals surface area contributed by atoms with Gasteiger partial charge in [0.15, 0.2) is 11.6 Å². The second kappa shape index (κ2) is 5.47. The third kappa shape index (κ3) is 3.67. The van der Waals surface area contributed by atoms with Crippen molar-refractivity contribution in [1.82, 2.24) is 9.80 Å². The lowest BCUT2D eigenvalue weighted by molar-refractivity contribution is 0.0590. The van der Waals surface area contributed by atoms with Crippen LogP contribution in [0.3, 0.4) is 0 Å². The molecule has 1 aliphatic rings. The highest BCUT2D eigenvalue weighted by molar-refractivity contribution is 5.27. The van der Waals surface area contributed by atoms with E-state index in [2.05, 4.69) is 30.6 Å². The van der Waals surface area contributed by atoms with Crippen LogP contribution in [0.5, 0.6) is 5.75 Å². The molecule has 1 aromatic rings. The summed E-state index contributed by atoms with van der Waals surface area (Å²) in [6.07, 6.45) is 0. The molecule has 0 amide bonds. The minimum Gasteiger partial charge on any atom is -0.505 e. The number of phenolic OH excluding ortho intramolecular Hbond substituents is 1. The molecule has 0 unspecified atom stereocenters. The smallest absolute Gasteiger partial charge is 0.165 e. The summed E-state index contributed by atoms with van der Waals surface area (Å²) in [6.45, 7) is 11.5. The minimum absolute atomic E-state index is 0.219. The Morgan fingerprint density at radius 3 is 2.32 bits per heavy atom. The van der Waals surface area contributed by atoms with Gasteiger partial charge in [0.2, 0.25) is 0 Å². The largest absolute Gasteiger partial charge is 0.505 e. The van der Waals surface area contributed by atoms with Gasteiger partial charge in [-0.1, -0.05) is 6.07 Å². The predicted octanol–water partition coefficient (Wildman–Crippen LogP) is 2.45. The lowest BCUT2D eigenvalue weighted by Crippen LogP contribution is -2.53. The van der Waals surface area contributed by atoms with E-state index >= 15 is 0 Å². The average molecular weight is 266 g/mol. The van der Waals surface area contributed by atoms with Crippen molar-refractivity contribution in [3.8, 4) is 5.75 Å². The first-order valence-electron chi connectivity index (χ1n) is 6.81. The van der Waals surface area contributed by atoms with Crippen LogP contribution in [0.15, 0.2) is 18.2 Å². The van der Waals surface area contributed by atoms with Crippen molar-refractivity contribution < 1.29 is 9.50 Å². The molecule has 19 heavy (non-hydrogen) atoms. The normalized spacial score (nSPS) is 18.7. The van der Waals surface area contributed by atoms with Crippen molar-refractivity contribution in [2.45, 2.75) is 32.9 Å². The van der Waals surface area contributed by atoms with E-state index in [4.69, 9.17) is 0 Å². The minimum atomic E-state index is -0.536. The Hall–Kier alpha value is -1.13. The molecular weight excluding hydrogens is 243 g/mol. The number of benzene rings is 1. The molecule has 1 saturated heterocycles. The molecule has 0 bridgehead atoms. The molecule has 0 aromatic heterocycles. The maximum absolute atomic E-state index is 13.3. The number of hydrogen-bond acceptors (Lipinski definition) is 3. The molecule has 1 aromatic carbocycles. The Morgan fingerprint density at radius 2 is 1.79 bits per heavy atom. The number of nitrogens with zero attached hydrogens (tertiary/aromatic N) is 2. The number of halogens is 1. The highest BCUT2D eigenvalue weighted by Crippen LogP contribution is 2.19. The average Bonchev–Trinajstić information content (AvgIpc) is 2.33. The number of rotatable bonds is 2. The third-order valence-corrected chi connectivity index (χ3v) is 3.74. The van der Waals surface area contributed by atoms with Gasteiger partial charge in [0.25, 0.3) is 0 Å². The molecule has 0 atom stereocenters. The van der Waals surface area contributed by atoms with Crippen LogP contribution in [0.2, 0.25) is 0 Å². The van der Waals surface area contributed by atoms with E-state index in [1.807, 2.05) is 0 Å². The molecule has 1 fully saturated rings. The second-order valence-electron chi connectivity index (χ2n) is 6.22. The molecule has 0 radical (unpaired) electrons. The molecule has 0 saturated carbocycles. The summed E-state index contributed by atoms with van der Waals surface area (Å²) in [7, 11) is 0. The highest BCUT2D eigenvalue weighted by atomic mass is 19.1. The third-order valence-electron chi connectivity index (χ3n) is 3.74. The Labute approximate surface area is 114 Å². The van der Waals surface area contributed by atoms with Gasteiger partial charge >= 0.3 is 0 Å². The molecular formula is C15H23FN2O. The quantitative estimate of drug-likeness (QED) is 0.890. The van der Waals surface area contributed by atoms with E-state index in [0.29, 0.717) is 0 Å². The van der Waals surface area contributed by atoms with Gasteiger partial charge in [-0.05, 0) is 38.5 Å². The van der Waals surface area contributed by atoms with Crippen LogP contribution in [-0.2, 0) is 6.54 Å². The Kier molecular flexibility index (Phi) is 4.11. The lowest BCUT2D eigenvalue weighted by atomic mass is 10.0. The number of hydrogen-bond donors (Lipinski definition) is 1. The second-order valence-corrected chi connectivity index (χ2v) is 6.22. The zero-order valence-corrected chi connectivity index (χ0v) is 12.0. The van der Waals surface area contributed by atoms with Gasteiger partial charge in [-0.15, -0.1) is 0 Å². The lowest BCUT2D eigenvalue weighted by Gasteiger charge is -2.42. The van der Waals surface area contributed by atoms with Crippen molar-refractivity contribution in [2.24, 2.45) is 0 Å². The monoisotopic (exact) mass is 266 g/mol. The van der Waals surface area contributed by atoms with Crippen LogP contribution in [0.25, 0.3) is 0 Å². The number of aromatic hydroxyl groups is 1. The van der Waals surface area contributed by atoms with E-state index in [1.165, 1.54) is 12.1 Å². The topological polar surface area (TPSA) is 26.7 Å². The van der Waals surface area contributed by atoms with Crippen LogP contribution in [0, 0.1) is 5.82 Å². The molecule has 3 nitrogen and oxygen atoms in total. The maximum atomic E-state index is 13.3. The Balaban J connectivity index is 1.90. The molecule has 2 rings (SSSR count). The van der Waals surface area contributed by atoms with Gasteiger partial charge in [-0.2, -0.15) is 0 Å². The zero-order valence-electron chi connectivity index (χ0n) is 12.0. The van der Waals surface area contributed by atoms with Gasteiger partial charge in [0, 0.05) is 38.3 Å². The first kappa shape index (κ1) is 14.3. The number of piperazine rings is 1. The molecule has 4 heteroatoms. The molecule has 1 N–H and O–H groups in total. The van der Waals surface area contributed by atoms with Gasteiger partial charge in [0.05, 0.1) is 0 Å². The Morgan fingerprint density at radius 1 is 1.16 bits per heavy atom. The van der Waals surface area contributed by atoms with Crippen LogP contribution in [-0.4, -0.2) is 46.6 Å².